The number of guanidine groups is 1. The van der Waals surface area contributed by atoms with Crippen molar-refractivity contribution in [3.05, 3.63) is 24.2 Å². The van der Waals surface area contributed by atoms with Crippen molar-refractivity contribution in [2.45, 2.75) is 70.4 Å². The second kappa shape index (κ2) is 13.0. The van der Waals surface area contributed by atoms with E-state index in [9.17, 15) is 0 Å². The molecule has 2 aliphatic heterocycles. The molecule has 6 nitrogen and oxygen atoms in total. The monoisotopic (exact) mass is 544 g/mol. The van der Waals surface area contributed by atoms with E-state index in [0.717, 1.165) is 43.8 Å². The molecule has 3 aliphatic rings. The van der Waals surface area contributed by atoms with Gasteiger partial charge in [-0.3, -0.25) is 4.99 Å². The van der Waals surface area contributed by atoms with Crippen LogP contribution in [0.4, 0.5) is 0 Å². The number of nitrogens with one attached hydrogen (secondary N) is 2. The van der Waals surface area contributed by atoms with Crippen LogP contribution in [0.2, 0.25) is 0 Å². The van der Waals surface area contributed by atoms with E-state index >= 15 is 0 Å². The minimum Gasteiger partial charge on any atom is -0.469 e. The van der Waals surface area contributed by atoms with Crippen LogP contribution >= 0.6 is 24.0 Å². The lowest BCUT2D eigenvalue weighted by atomic mass is 9.86. The van der Waals surface area contributed by atoms with Crippen molar-refractivity contribution in [2.24, 2.45) is 16.8 Å². The number of likely N-dealkylation sites (tertiary alicyclic amines) is 1. The highest BCUT2D eigenvalue weighted by molar-refractivity contribution is 14.0. The van der Waals surface area contributed by atoms with E-state index in [1.165, 1.54) is 64.6 Å². The fraction of sp³-hybridized carbons (Fsp3) is 0.792. The van der Waals surface area contributed by atoms with Crippen LogP contribution in [0, 0.1) is 11.8 Å². The second-order valence-corrected chi connectivity index (χ2v) is 9.52. The van der Waals surface area contributed by atoms with E-state index < -0.39 is 0 Å². The van der Waals surface area contributed by atoms with E-state index in [1.54, 1.807) is 6.26 Å². The SMILES string of the molecule is CC1CCCCC1NC(=NCCc1ccco1)NC1CCN(CC2CCOC2)CC1.I. The third-order valence-corrected chi connectivity index (χ3v) is 7.11. The Labute approximate surface area is 205 Å². The Balaban J connectivity index is 0.00000272. The number of aliphatic imine (C=N–C) groups is 1. The zero-order chi connectivity index (χ0) is 20.6. The molecule has 2 N–H and O–H groups in total. The highest BCUT2D eigenvalue weighted by Crippen LogP contribution is 2.24. The summed E-state index contributed by atoms with van der Waals surface area (Å²) in [4.78, 5) is 7.55. The topological polar surface area (TPSA) is 62.0 Å². The molecule has 1 aromatic heterocycles. The van der Waals surface area contributed by atoms with Crippen LogP contribution in [-0.2, 0) is 11.2 Å². The Morgan fingerprint density at radius 2 is 1.97 bits per heavy atom. The molecule has 3 atom stereocenters. The minimum atomic E-state index is 0. The van der Waals surface area contributed by atoms with Gasteiger partial charge in [-0.25, -0.2) is 0 Å². The summed E-state index contributed by atoms with van der Waals surface area (Å²) >= 11 is 0. The van der Waals surface area contributed by atoms with Gasteiger partial charge in [0.1, 0.15) is 5.76 Å². The Kier molecular flexibility index (Phi) is 10.4. The molecule has 3 heterocycles. The van der Waals surface area contributed by atoms with E-state index in [4.69, 9.17) is 14.1 Å². The van der Waals surface area contributed by atoms with Crippen LogP contribution in [0.1, 0.15) is 57.6 Å². The first-order valence-corrected chi connectivity index (χ1v) is 12.2. The van der Waals surface area contributed by atoms with Crippen molar-refractivity contribution in [2.75, 3.05) is 39.4 Å². The van der Waals surface area contributed by atoms with Gasteiger partial charge in [0.2, 0.25) is 0 Å². The largest absolute Gasteiger partial charge is 0.469 e. The Morgan fingerprint density at radius 3 is 2.68 bits per heavy atom. The third kappa shape index (κ3) is 7.93. The van der Waals surface area contributed by atoms with Crippen molar-refractivity contribution in [1.82, 2.24) is 15.5 Å². The van der Waals surface area contributed by atoms with Gasteiger partial charge in [-0.2, -0.15) is 0 Å². The molecule has 0 aromatic carbocycles. The maximum atomic E-state index is 5.55. The zero-order valence-electron chi connectivity index (χ0n) is 19.1. The molecular formula is C24H41IN4O2. The first-order chi connectivity index (χ1) is 14.8. The predicted molar refractivity (Wildman–Crippen MR) is 136 cm³/mol. The normalized spacial score (nSPS) is 28.3. The van der Waals surface area contributed by atoms with Gasteiger partial charge >= 0.3 is 0 Å². The second-order valence-electron chi connectivity index (χ2n) is 9.52. The Hall–Kier alpha value is -0.800. The van der Waals surface area contributed by atoms with Crippen LogP contribution in [0.25, 0.3) is 0 Å². The lowest BCUT2D eigenvalue weighted by Gasteiger charge is -2.36. The minimum absolute atomic E-state index is 0. The molecule has 31 heavy (non-hydrogen) atoms. The molecule has 7 heteroatoms. The molecule has 2 saturated heterocycles. The number of halogens is 1. The molecule has 1 aliphatic carbocycles. The van der Waals surface area contributed by atoms with Crippen molar-refractivity contribution < 1.29 is 9.15 Å². The van der Waals surface area contributed by atoms with Gasteiger partial charge in [0, 0.05) is 51.3 Å². The smallest absolute Gasteiger partial charge is 0.191 e. The number of hydrogen-bond donors (Lipinski definition) is 2. The number of rotatable bonds is 7. The zero-order valence-corrected chi connectivity index (χ0v) is 21.4. The summed E-state index contributed by atoms with van der Waals surface area (Å²) in [6, 6.07) is 5.03. The Bertz CT molecular complexity index is 640. The van der Waals surface area contributed by atoms with E-state index in [2.05, 4.69) is 22.5 Å². The summed E-state index contributed by atoms with van der Waals surface area (Å²) in [5, 5.41) is 7.56. The van der Waals surface area contributed by atoms with Gasteiger partial charge in [0.25, 0.3) is 0 Å². The molecule has 0 bridgehead atoms. The fourth-order valence-electron chi connectivity index (χ4n) is 5.12. The molecule has 176 valence electrons. The van der Waals surface area contributed by atoms with Gasteiger partial charge in [0.15, 0.2) is 5.96 Å². The van der Waals surface area contributed by atoms with E-state index in [1.807, 2.05) is 12.1 Å². The predicted octanol–water partition coefficient (Wildman–Crippen LogP) is 4.05. The van der Waals surface area contributed by atoms with Crippen LogP contribution in [0.3, 0.4) is 0 Å². The summed E-state index contributed by atoms with van der Waals surface area (Å²) in [7, 11) is 0. The number of hydrogen-bond acceptors (Lipinski definition) is 4. The van der Waals surface area contributed by atoms with E-state index in [-0.39, 0.29) is 24.0 Å². The van der Waals surface area contributed by atoms with Crippen LogP contribution < -0.4 is 10.6 Å². The fourth-order valence-corrected chi connectivity index (χ4v) is 5.12. The van der Waals surface area contributed by atoms with Gasteiger partial charge < -0.3 is 24.7 Å². The quantitative estimate of drug-likeness (QED) is 0.308. The lowest BCUT2D eigenvalue weighted by molar-refractivity contribution is 0.150. The summed E-state index contributed by atoms with van der Waals surface area (Å²) in [5.74, 6) is 3.46. The van der Waals surface area contributed by atoms with Crippen LogP contribution in [0.15, 0.2) is 27.8 Å². The van der Waals surface area contributed by atoms with E-state index in [0.29, 0.717) is 18.0 Å². The highest BCUT2D eigenvalue weighted by atomic mass is 127. The average molecular weight is 545 g/mol. The van der Waals surface area contributed by atoms with Gasteiger partial charge in [-0.1, -0.05) is 19.8 Å². The van der Waals surface area contributed by atoms with Crippen molar-refractivity contribution in [1.29, 1.82) is 0 Å². The van der Waals surface area contributed by atoms with Crippen LogP contribution in [-0.4, -0.2) is 62.3 Å². The highest BCUT2D eigenvalue weighted by Gasteiger charge is 2.26. The molecule has 0 amide bonds. The van der Waals surface area contributed by atoms with Gasteiger partial charge in [-0.15, -0.1) is 24.0 Å². The number of nitrogens with zero attached hydrogens (tertiary/aromatic N) is 2. The average Bonchev–Trinajstić information content (AvgIpc) is 3.45. The number of piperidine rings is 1. The molecule has 4 rings (SSSR count). The summed E-state index contributed by atoms with van der Waals surface area (Å²) < 4.78 is 11.0. The molecule has 1 saturated carbocycles. The van der Waals surface area contributed by atoms with Gasteiger partial charge in [0.05, 0.1) is 12.9 Å². The molecule has 3 fully saturated rings. The third-order valence-electron chi connectivity index (χ3n) is 7.11. The van der Waals surface area contributed by atoms with Crippen LogP contribution in [0.5, 0.6) is 0 Å². The molecular weight excluding hydrogens is 503 g/mol. The molecule has 0 spiro atoms. The maximum Gasteiger partial charge on any atom is 0.191 e. The standard InChI is InChI=1S/C24H40N4O2.HI/c1-19-5-2-3-7-23(19)27-24(25-12-8-22-6-4-15-30-22)26-21-9-13-28(14-10-21)17-20-11-16-29-18-20;/h4,6,15,19-21,23H,2-3,5,7-14,16-18H2,1H3,(H2,25,26,27);1H. The lowest BCUT2D eigenvalue weighted by Crippen LogP contribution is -2.53. The first-order valence-electron chi connectivity index (χ1n) is 12.2. The molecule has 0 radical (unpaired) electrons. The van der Waals surface area contributed by atoms with Crippen molar-refractivity contribution in [3.63, 3.8) is 0 Å². The van der Waals surface area contributed by atoms with Crippen molar-refractivity contribution >= 4 is 29.9 Å². The summed E-state index contributed by atoms with van der Waals surface area (Å²) in [6.45, 7) is 8.59. The van der Waals surface area contributed by atoms with Gasteiger partial charge in [-0.05, 0) is 56.1 Å². The number of furan rings is 1. The Morgan fingerprint density at radius 1 is 1.13 bits per heavy atom. The summed E-state index contributed by atoms with van der Waals surface area (Å²) in [6.07, 6.45) is 11.5. The van der Waals surface area contributed by atoms with Crippen molar-refractivity contribution in [3.8, 4) is 0 Å². The molecule has 1 aromatic rings. The first kappa shape index (κ1) is 24.8. The summed E-state index contributed by atoms with van der Waals surface area (Å²) in [5.41, 5.74) is 0. The maximum absolute atomic E-state index is 5.55. The number of ether oxygens (including phenoxy) is 1. The molecule has 3 unspecified atom stereocenters.